The fourth-order valence-electron chi connectivity index (χ4n) is 7.46. The Morgan fingerprint density at radius 3 is 1.64 bits per heavy atom. The van der Waals surface area contributed by atoms with Crippen LogP contribution in [0.25, 0.3) is 34.4 Å². The van der Waals surface area contributed by atoms with Crippen molar-refractivity contribution in [3.8, 4) is 33.8 Å². The minimum atomic E-state index is -0.0996. The number of rotatable bonds is 6. The molecule has 0 heterocycles. The summed E-state index contributed by atoms with van der Waals surface area (Å²) < 4.78 is 6.58. The molecule has 0 radical (unpaired) electrons. The van der Waals surface area contributed by atoms with Crippen molar-refractivity contribution in [3.05, 3.63) is 154 Å². The summed E-state index contributed by atoms with van der Waals surface area (Å²) in [5, 5.41) is 0. The van der Waals surface area contributed by atoms with Gasteiger partial charge in [-0.15, -0.1) is 0 Å². The predicted octanol–water partition coefficient (Wildman–Crippen LogP) is 11.6. The molecule has 5 aromatic carbocycles. The van der Waals surface area contributed by atoms with Gasteiger partial charge in [0.05, 0.1) is 0 Å². The van der Waals surface area contributed by atoms with E-state index < -0.39 is 0 Å². The maximum atomic E-state index is 6.58. The van der Waals surface area contributed by atoms with E-state index in [1.807, 2.05) is 12.2 Å². The molecule has 0 aromatic heterocycles. The highest BCUT2D eigenvalue weighted by Crippen LogP contribution is 2.51. The maximum Gasteiger partial charge on any atom is 0.130 e. The molecule has 0 aliphatic heterocycles. The van der Waals surface area contributed by atoms with Crippen LogP contribution in [0.15, 0.2) is 98.1 Å². The van der Waals surface area contributed by atoms with E-state index in [4.69, 9.17) is 4.74 Å². The Bertz CT molecular complexity index is 1870. The van der Waals surface area contributed by atoms with Gasteiger partial charge < -0.3 is 4.74 Å². The second-order valence-corrected chi connectivity index (χ2v) is 13.7. The summed E-state index contributed by atoms with van der Waals surface area (Å²) in [6.07, 6.45) is 4.75. The smallest absolute Gasteiger partial charge is 0.130 e. The van der Waals surface area contributed by atoms with Crippen LogP contribution < -0.4 is 4.74 Å². The molecule has 2 aliphatic rings. The number of fused-ring (bicyclic) bond motifs is 6. The van der Waals surface area contributed by atoms with E-state index in [0.717, 1.165) is 29.0 Å². The van der Waals surface area contributed by atoms with Crippen LogP contribution >= 0.6 is 0 Å². The molecule has 0 amide bonds. The minimum absolute atomic E-state index is 0.0396. The highest BCUT2D eigenvalue weighted by Gasteiger charge is 2.37. The van der Waals surface area contributed by atoms with E-state index in [2.05, 4.69) is 140 Å². The van der Waals surface area contributed by atoms with Gasteiger partial charge in [0.1, 0.15) is 11.5 Å². The molecule has 0 atom stereocenters. The molecular formula is C43H40O. The molecule has 0 saturated carbocycles. The second kappa shape index (κ2) is 9.96. The summed E-state index contributed by atoms with van der Waals surface area (Å²) >= 11 is 0. The third-order valence-electron chi connectivity index (χ3n) is 10.2. The molecule has 1 nitrogen and oxygen atoms in total. The first-order valence-corrected chi connectivity index (χ1v) is 15.6. The van der Waals surface area contributed by atoms with E-state index in [0.29, 0.717) is 0 Å². The SMILES string of the molecule is C=Cc1ccc2c(c1)C(C)(C)c1cc(Cc3cc(C)c(Oc4ccc5c(c4)C(C)(C)c4cc(C=C)ccc4-5)cc3C)ccc1-2. The van der Waals surface area contributed by atoms with Crippen LogP contribution in [-0.2, 0) is 17.3 Å². The van der Waals surface area contributed by atoms with Gasteiger partial charge in [-0.1, -0.05) is 120 Å². The van der Waals surface area contributed by atoms with Crippen LogP contribution in [0.3, 0.4) is 0 Å². The van der Waals surface area contributed by atoms with Crippen LogP contribution in [0, 0.1) is 13.8 Å². The highest BCUT2D eigenvalue weighted by molar-refractivity contribution is 5.83. The van der Waals surface area contributed by atoms with Gasteiger partial charge >= 0.3 is 0 Å². The first-order valence-electron chi connectivity index (χ1n) is 15.6. The van der Waals surface area contributed by atoms with Gasteiger partial charge in [-0.25, -0.2) is 0 Å². The van der Waals surface area contributed by atoms with Crippen molar-refractivity contribution in [3.63, 3.8) is 0 Å². The predicted molar refractivity (Wildman–Crippen MR) is 187 cm³/mol. The Balaban J connectivity index is 1.15. The maximum absolute atomic E-state index is 6.58. The van der Waals surface area contributed by atoms with E-state index in [1.165, 1.54) is 66.8 Å². The summed E-state index contributed by atoms with van der Waals surface area (Å²) in [6, 6.07) is 31.5. The summed E-state index contributed by atoms with van der Waals surface area (Å²) in [6.45, 7) is 21.6. The monoisotopic (exact) mass is 572 g/mol. The zero-order valence-corrected chi connectivity index (χ0v) is 26.8. The average Bonchev–Trinajstić information content (AvgIpc) is 3.37. The Labute approximate surface area is 262 Å². The number of aryl methyl sites for hydroxylation is 2. The molecule has 1 heteroatoms. The van der Waals surface area contributed by atoms with Crippen molar-refractivity contribution in [2.24, 2.45) is 0 Å². The Kier molecular flexibility index (Phi) is 6.38. The number of hydrogen-bond donors (Lipinski definition) is 0. The lowest BCUT2D eigenvalue weighted by atomic mass is 9.81. The zero-order chi connectivity index (χ0) is 31.0. The van der Waals surface area contributed by atoms with Gasteiger partial charge in [-0.3, -0.25) is 0 Å². The van der Waals surface area contributed by atoms with Crippen molar-refractivity contribution >= 4 is 12.2 Å². The molecule has 218 valence electrons. The van der Waals surface area contributed by atoms with Crippen LogP contribution in [-0.4, -0.2) is 0 Å². The quantitative estimate of drug-likeness (QED) is 0.197. The van der Waals surface area contributed by atoms with Crippen molar-refractivity contribution in [1.29, 1.82) is 0 Å². The first kappa shape index (κ1) is 28.2. The number of hydrogen-bond acceptors (Lipinski definition) is 1. The molecule has 44 heavy (non-hydrogen) atoms. The largest absolute Gasteiger partial charge is 0.457 e. The van der Waals surface area contributed by atoms with Gasteiger partial charge in [0.25, 0.3) is 0 Å². The summed E-state index contributed by atoms with van der Waals surface area (Å²) in [4.78, 5) is 0. The molecule has 0 saturated heterocycles. The van der Waals surface area contributed by atoms with Crippen molar-refractivity contribution in [2.45, 2.75) is 58.8 Å². The Morgan fingerprint density at radius 1 is 0.568 bits per heavy atom. The third-order valence-corrected chi connectivity index (χ3v) is 10.2. The molecule has 7 rings (SSSR count). The second-order valence-electron chi connectivity index (χ2n) is 13.7. The van der Waals surface area contributed by atoms with Crippen molar-refractivity contribution in [2.75, 3.05) is 0 Å². The normalized spacial score (nSPS) is 14.8. The average molecular weight is 573 g/mol. The third kappa shape index (κ3) is 4.29. The van der Waals surface area contributed by atoms with E-state index in [1.54, 1.807) is 0 Å². The van der Waals surface area contributed by atoms with Crippen LogP contribution in [0.1, 0.15) is 83.3 Å². The van der Waals surface area contributed by atoms with Crippen LogP contribution in [0.4, 0.5) is 0 Å². The van der Waals surface area contributed by atoms with Gasteiger partial charge in [-0.05, 0) is 116 Å². The Hall–Kier alpha value is -4.62. The molecule has 0 N–H and O–H groups in total. The molecule has 0 unspecified atom stereocenters. The zero-order valence-electron chi connectivity index (χ0n) is 26.8. The van der Waals surface area contributed by atoms with Crippen molar-refractivity contribution < 1.29 is 4.74 Å². The highest BCUT2D eigenvalue weighted by atomic mass is 16.5. The van der Waals surface area contributed by atoms with Gasteiger partial charge in [0.15, 0.2) is 0 Å². The summed E-state index contributed by atoms with van der Waals surface area (Å²) in [5.74, 6) is 1.79. The standard InChI is InChI=1S/C43H40O/c1-9-28-11-15-33-35-17-13-30(24-39(35)42(5,6)37(33)22-28)21-31-19-27(4)41(20-26(31)3)44-32-14-18-36-34-16-12-29(10-2)23-38(34)43(7,8)40(36)25-32/h9-20,22-25H,1-2,21H2,3-8H3. The molecule has 0 spiro atoms. The van der Waals surface area contributed by atoms with E-state index >= 15 is 0 Å². The first-order chi connectivity index (χ1) is 21.0. The minimum Gasteiger partial charge on any atom is -0.457 e. The summed E-state index contributed by atoms with van der Waals surface area (Å²) in [7, 11) is 0. The molecule has 0 fully saturated rings. The van der Waals surface area contributed by atoms with E-state index in [9.17, 15) is 0 Å². The van der Waals surface area contributed by atoms with E-state index in [-0.39, 0.29) is 10.8 Å². The number of ether oxygens (including phenoxy) is 1. The lowest BCUT2D eigenvalue weighted by Crippen LogP contribution is -2.15. The molecule has 5 aromatic rings. The molecular weight excluding hydrogens is 532 g/mol. The molecule has 2 aliphatic carbocycles. The van der Waals surface area contributed by atoms with Crippen molar-refractivity contribution in [1.82, 2.24) is 0 Å². The van der Waals surface area contributed by atoms with Gasteiger partial charge in [0.2, 0.25) is 0 Å². The fourth-order valence-corrected chi connectivity index (χ4v) is 7.46. The fraction of sp³-hybridized carbons (Fsp3) is 0.209. The topological polar surface area (TPSA) is 9.23 Å². The van der Waals surface area contributed by atoms with Gasteiger partial charge in [-0.2, -0.15) is 0 Å². The van der Waals surface area contributed by atoms with Gasteiger partial charge in [0, 0.05) is 10.8 Å². The lowest BCUT2D eigenvalue weighted by molar-refractivity contribution is 0.476. The Morgan fingerprint density at radius 2 is 1.07 bits per heavy atom. The lowest BCUT2D eigenvalue weighted by Gasteiger charge is -2.23. The summed E-state index contributed by atoms with van der Waals surface area (Å²) in [5.41, 5.74) is 18.0. The van der Waals surface area contributed by atoms with Crippen LogP contribution in [0.2, 0.25) is 0 Å². The molecule has 0 bridgehead atoms. The van der Waals surface area contributed by atoms with Crippen LogP contribution in [0.5, 0.6) is 11.5 Å². The number of benzene rings is 5.